The molecule has 0 aliphatic carbocycles. The highest BCUT2D eigenvalue weighted by molar-refractivity contribution is 5.96. The van der Waals surface area contributed by atoms with E-state index < -0.39 is 23.6 Å². The van der Waals surface area contributed by atoms with Crippen LogP contribution in [0.3, 0.4) is 0 Å². The number of aliphatic carboxylic acids is 1. The number of halogens is 3. The Kier molecular flexibility index (Phi) is 3.12. The topological polar surface area (TPSA) is 95.1 Å². The second-order valence-corrected chi connectivity index (χ2v) is 3.35. The number of carboxylic acid groups (broad SMARTS) is 1. The van der Waals surface area contributed by atoms with Gasteiger partial charge in [-0.3, -0.25) is 4.79 Å². The highest BCUT2D eigenvalue weighted by Crippen LogP contribution is 2.30. The normalized spacial score (nSPS) is 15.1. The number of aromatic amines is 1. The zero-order valence-electron chi connectivity index (χ0n) is 8.50. The predicted octanol–water partition coefficient (Wildman–Crippen LogP) is 0.545. The summed E-state index contributed by atoms with van der Waals surface area (Å²) in [7, 11) is 0. The van der Waals surface area contributed by atoms with Gasteiger partial charge >= 0.3 is 12.1 Å². The average molecular weight is 251 g/mol. The Balaban J connectivity index is 2.97. The van der Waals surface area contributed by atoms with Crippen LogP contribution >= 0.6 is 0 Å². The molecule has 0 saturated heterocycles. The summed E-state index contributed by atoms with van der Waals surface area (Å²) < 4.78 is 37.6. The molecule has 0 radical (unpaired) electrons. The zero-order valence-corrected chi connectivity index (χ0v) is 8.50. The first-order valence-corrected chi connectivity index (χ1v) is 4.29. The van der Waals surface area contributed by atoms with Crippen molar-refractivity contribution in [2.24, 2.45) is 0 Å². The van der Waals surface area contributed by atoms with Gasteiger partial charge in [0.25, 0.3) is 5.91 Å². The van der Waals surface area contributed by atoms with Crippen LogP contribution in [0.1, 0.15) is 17.4 Å². The number of nitrogens with zero attached hydrogens (tertiary/aromatic N) is 1. The summed E-state index contributed by atoms with van der Waals surface area (Å²) in [6, 6.07) is 0. The lowest BCUT2D eigenvalue weighted by molar-refractivity contribution is -0.203. The number of carbonyl (C=O) groups excluding carboxylic acids is 1. The van der Waals surface area contributed by atoms with E-state index in [1.807, 2.05) is 0 Å². The molecule has 1 atom stereocenters. The van der Waals surface area contributed by atoms with Crippen LogP contribution in [0, 0.1) is 0 Å². The van der Waals surface area contributed by atoms with E-state index in [-0.39, 0.29) is 5.69 Å². The van der Waals surface area contributed by atoms with Crippen LogP contribution in [0.25, 0.3) is 0 Å². The van der Waals surface area contributed by atoms with Gasteiger partial charge in [-0.25, -0.2) is 9.78 Å². The second-order valence-electron chi connectivity index (χ2n) is 3.35. The van der Waals surface area contributed by atoms with Crippen molar-refractivity contribution in [1.82, 2.24) is 15.3 Å². The fourth-order valence-corrected chi connectivity index (χ4v) is 0.920. The van der Waals surface area contributed by atoms with E-state index in [2.05, 4.69) is 9.97 Å². The largest absolute Gasteiger partial charge is 0.479 e. The molecule has 1 aromatic heterocycles. The van der Waals surface area contributed by atoms with Crippen molar-refractivity contribution >= 4 is 11.9 Å². The molecule has 6 nitrogen and oxygen atoms in total. The van der Waals surface area contributed by atoms with Gasteiger partial charge in [0.05, 0.1) is 12.5 Å². The SMILES string of the molecule is CC(NC(=O)c1cnc[nH]1)(C(=O)O)C(F)(F)F. The molecule has 17 heavy (non-hydrogen) atoms. The van der Waals surface area contributed by atoms with Gasteiger partial charge in [-0.2, -0.15) is 13.2 Å². The van der Waals surface area contributed by atoms with Crippen molar-refractivity contribution in [3.8, 4) is 0 Å². The first-order chi connectivity index (χ1) is 7.68. The molecule has 0 fully saturated rings. The third-order valence-corrected chi connectivity index (χ3v) is 2.10. The van der Waals surface area contributed by atoms with E-state index >= 15 is 0 Å². The molecule has 1 amide bonds. The molecule has 9 heteroatoms. The maximum absolute atomic E-state index is 12.5. The fourth-order valence-electron chi connectivity index (χ4n) is 0.920. The van der Waals surface area contributed by atoms with Crippen molar-refractivity contribution in [1.29, 1.82) is 0 Å². The maximum atomic E-state index is 12.5. The van der Waals surface area contributed by atoms with Crippen molar-refractivity contribution in [3.63, 3.8) is 0 Å². The Labute approximate surface area is 92.8 Å². The first kappa shape index (κ1) is 13.0. The van der Waals surface area contributed by atoms with E-state index in [1.165, 1.54) is 5.32 Å². The van der Waals surface area contributed by atoms with Gasteiger partial charge in [0.1, 0.15) is 5.69 Å². The number of rotatable bonds is 3. The van der Waals surface area contributed by atoms with Crippen molar-refractivity contribution in [3.05, 3.63) is 18.2 Å². The molecule has 0 bridgehead atoms. The number of alkyl halides is 3. The minimum Gasteiger partial charge on any atom is -0.479 e. The quantitative estimate of drug-likeness (QED) is 0.730. The van der Waals surface area contributed by atoms with E-state index in [4.69, 9.17) is 5.11 Å². The number of hydrogen-bond donors (Lipinski definition) is 3. The highest BCUT2D eigenvalue weighted by Gasteiger charge is 2.58. The molecule has 94 valence electrons. The number of hydrogen-bond acceptors (Lipinski definition) is 3. The zero-order chi connectivity index (χ0) is 13.3. The van der Waals surface area contributed by atoms with E-state index in [9.17, 15) is 22.8 Å². The standard InChI is InChI=1S/C8H8F3N3O3/c1-7(6(16)17,8(9,10)11)14-5(15)4-2-12-3-13-4/h2-3H,1H3,(H,12,13)(H,14,15)(H,16,17). The molecule has 1 aromatic rings. The minimum atomic E-state index is -5.12. The van der Waals surface area contributed by atoms with E-state index in [0.717, 1.165) is 12.5 Å². The number of aromatic nitrogens is 2. The molecule has 3 N–H and O–H groups in total. The predicted molar refractivity (Wildman–Crippen MR) is 48.1 cm³/mol. The smallest absolute Gasteiger partial charge is 0.422 e. The van der Waals surface area contributed by atoms with E-state index in [1.54, 1.807) is 0 Å². The monoisotopic (exact) mass is 251 g/mol. The van der Waals surface area contributed by atoms with Crippen molar-refractivity contribution in [2.45, 2.75) is 18.6 Å². The summed E-state index contributed by atoms with van der Waals surface area (Å²) >= 11 is 0. The Morgan fingerprint density at radius 1 is 1.47 bits per heavy atom. The van der Waals surface area contributed by atoms with E-state index in [0.29, 0.717) is 6.92 Å². The van der Waals surface area contributed by atoms with Crippen LogP contribution in [0.5, 0.6) is 0 Å². The van der Waals surface area contributed by atoms with Gasteiger partial charge in [0.2, 0.25) is 5.54 Å². The molecule has 0 aliphatic heterocycles. The van der Waals surface area contributed by atoms with Crippen LogP contribution in [0.2, 0.25) is 0 Å². The van der Waals surface area contributed by atoms with Gasteiger partial charge in [0, 0.05) is 0 Å². The minimum absolute atomic E-state index is 0.262. The number of carbonyl (C=O) groups is 2. The average Bonchev–Trinajstić information content (AvgIpc) is 2.67. The molecule has 1 unspecified atom stereocenters. The van der Waals surface area contributed by atoms with Gasteiger partial charge in [0.15, 0.2) is 0 Å². The van der Waals surface area contributed by atoms with Crippen LogP contribution in [0.4, 0.5) is 13.2 Å². The molecule has 0 spiro atoms. The van der Waals surface area contributed by atoms with Crippen molar-refractivity contribution in [2.75, 3.05) is 0 Å². The van der Waals surface area contributed by atoms with Crippen LogP contribution in [-0.4, -0.2) is 38.7 Å². The summed E-state index contributed by atoms with van der Waals surface area (Å²) in [6.07, 6.45) is -3.05. The summed E-state index contributed by atoms with van der Waals surface area (Å²) in [5, 5.41) is 9.95. The molecular weight excluding hydrogens is 243 g/mol. The summed E-state index contributed by atoms with van der Waals surface area (Å²) in [5.41, 5.74) is -3.61. The first-order valence-electron chi connectivity index (χ1n) is 4.29. The maximum Gasteiger partial charge on any atom is 0.422 e. The number of nitrogens with one attached hydrogen (secondary N) is 2. The van der Waals surface area contributed by atoms with Crippen LogP contribution < -0.4 is 5.32 Å². The lowest BCUT2D eigenvalue weighted by Crippen LogP contribution is -2.61. The third-order valence-electron chi connectivity index (χ3n) is 2.10. The molecule has 1 rings (SSSR count). The molecule has 0 saturated carbocycles. The van der Waals surface area contributed by atoms with Gasteiger partial charge in [-0.15, -0.1) is 0 Å². The van der Waals surface area contributed by atoms with Crippen molar-refractivity contribution < 1.29 is 27.9 Å². The number of amides is 1. The Hall–Kier alpha value is -2.06. The molecule has 0 aliphatic rings. The Morgan fingerprint density at radius 2 is 2.06 bits per heavy atom. The lowest BCUT2D eigenvalue weighted by Gasteiger charge is -2.28. The highest BCUT2D eigenvalue weighted by atomic mass is 19.4. The lowest BCUT2D eigenvalue weighted by atomic mass is 10.0. The van der Waals surface area contributed by atoms with Gasteiger partial charge in [-0.05, 0) is 6.92 Å². The molecule has 0 aromatic carbocycles. The summed E-state index contributed by atoms with van der Waals surface area (Å²) in [6.45, 7) is 0.365. The third kappa shape index (κ3) is 2.37. The number of carboxylic acids is 1. The Bertz CT molecular complexity index is 429. The fraction of sp³-hybridized carbons (Fsp3) is 0.375. The molecular formula is C8H8F3N3O3. The second kappa shape index (κ2) is 4.07. The number of H-pyrrole nitrogens is 1. The summed E-state index contributed by atoms with van der Waals surface area (Å²) in [5.74, 6) is -3.40. The summed E-state index contributed by atoms with van der Waals surface area (Å²) in [4.78, 5) is 27.6. The Morgan fingerprint density at radius 3 is 2.41 bits per heavy atom. The van der Waals surface area contributed by atoms with Crippen LogP contribution in [-0.2, 0) is 4.79 Å². The number of imidazole rings is 1. The molecule has 1 heterocycles. The van der Waals surface area contributed by atoms with Gasteiger partial charge < -0.3 is 15.4 Å². The van der Waals surface area contributed by atoms with Gasteiger partial charge in [-0.1, -0.05) is 0 Å². The van der Waals surface area contributed by atoms with Crippen LogP contribution in [0.15, 0.2) is 12.5 Å².